The highest BCUT2D eigenvalue weighted by Crippen LogP contribution is 2.39. The Balaban J connectivity index is 2.00. The van der Waals surface area contributed by atoms with Gasteiger partial charge in [0.15, 0.2) is 0 Å². The normalized spacial score (nSPS) is 11.3. The van der Waals surface area contributed by atoms with Crippen LogP contribution < -0.4 is 5.32 Å². The van der Waals surface area contributed by atoms with Gasteiger partial charge in [0.1, 0.15) is 11.4 Å². The first kappa shape index (κ1) is 16.2. The molecular formula is C23H21N3. The zero-order valence-corrected chi connectivity index (χ0v) is 14.7. The van der Waals surface area contributed by atoms with Crippen LogP contribution in [-0.4, -0.2) is 10.2 Å². The molecule has 0 amide bonds. The quantitative estimate of drug-likeness (QED) is 0.495. The third-order valence-electron chi connectivity index (χ3n) is 4.64. The standard InChI is InChI=1S/C23H21N3/c1-18-17-22(26-25-18)24-23(19-11-5-2-6-12-19,20-13-7-3-8-14-20)21-15-9-4-10-16-21/h2-17H,1H3,(H2,24,25,26). The van der Waals surface area contributed by atoms with Gasteiger partial charge in [0.05, 0.1) is 0 Å². The van der Waals surface area contributed by atoms with Gasteiger partial charge in [-0.2, -0.15) is 5.10 Å². The summed E-state index contributed by atoms with van der Waals surface area (Å²) in [5, 5.41) is 11.2. The van der Waals surface area contributed by atoms with Crippen molar-refractivity contribution in [1.82, 2.24) is 10.2 Å². The van der Waals surface area contributed by atoms with Crippen molar-refractivity contribution >= 4 is 5.82 Å². The molecule has 3 nitrogen and oxygen atoms in total. The number of nitrogens with zero attached hydrogens (tertiary/aromatic N) is 1. The van der Waals surface area contributed by atoms with Gasteiger partial charge < -0.3 is 5.32 Å². The molecule has 0 saturated carbocycles. The van der Waals surface area contributed by atoms with Crippen LogP contribution in [0.3, 0.4) is 0 Å². The summed E-state index contributed by atoms with van der Waals surface area (Å²) in [7, 11) is 0. The van der Waals surface area contributed by atoms with Crippen molar-refractivity contribution in [2.45, 2.75) is 12.5 Å². The Morgan fingerprint density at radius 1 is 0.692 bits per heavy atom. The van der Waals surface area contributed by atoms with Crippen LogP contribution >= 0.6 is 0 Å². The topological polar surface area (TPSA) is 40.7 Å². The Bertz CT molecular complexity index is 863. The van der Waals surface area contributed by atoms with Crippen molar-refractivity contribution in [3.63, 3.8) is 0 Å². The highest BCUT2D eigenvalue weighted by Gasteiger charge is 2.36. The average Bonchev–Trinajstić information content (AvgIpc) is 3.13. The second kappa shape index (κ2) is 6.89. The molecule has 0 spiro atoms. The smallest absolute Gasteiger partial charge is 0.149 e. The molecule has 4 rings (SSSR count). The van der Waals surface area contributed by atoms with Crippen molar-refractivity contribution in [2.75, 3.05) is 5.32 Å². The fourth-order valence-corrected chi connectivity index (χ4v) is 3.46. The molecule has 128 valence electrons. The van der Waals surface area contributed by atoms with Crippen LogP contribution in [-0.2, 0) is 5.54 Å². The number of anilines is 1. The van der Waals surface area contributed by atoms with E-state index in [0.717, 1.165) is 28.2 Å². The lowest BCUT2D eigenvalue weighted by Gasteiger charge is -2.37. The van der Waals surface area contributed by atoms with E-state index < -0.39 is 5.54 Å². The third-order valence-corrected chi connectivity index (χ3v) is 4.64. The number of rotatable bonds is 5. The molecule has 3 aromatic carbocycles. The van der Waals surface area contributed by atoms with Crippen LogP contribution in [0.2, 0.25) is 0 Å². The molecule has 0 radical (unpaired) electrons. The molecular weight excluding hydrogens is 318 g/mol. The van der Waals surface area contributed by atoms with E-state index in [1.165, 1.54) is 0 Å². The largest absolute Gasteiger partial charge is 0.351 e. The molecule has 0 atom stereocenters. The van der Waals surface area contributed by atoms with Gasteiger partial charge in [0, 0.05) is 11.8 Å². The number of aromatic nitrogens is 2. The fraction of sp³-hybridized carbons (Fsp3) is 0.0870. The van der Waals surface area contributed by atoms with Crippen molar-refractivity contribution in [3.05, 3.63) is 119 Å². The third kappa shape index (κ3) is 2.88. The van der Waals surface area contributed by atoms with Crippen LogP contribution in [0.25, 0.3) is 0 Å². The SMILES string of the molecule is Cc1cc(NC(c2ccccc2)(c2ccccc2)c2ccccc2)n[nH]1. The molecule has 26 heavy (non-hydrogen) atoms. The molecule has 0 aliphatic rings. The molecule has 0 aliphatic heterocycles. The highest BCUT2D eigenvalue weighted by atomic mass is 15.2. The molecule has 1 heterocycles. The van der Waals surface area contributed by atoms with Gasteiger partial charge in [0.2, 0.25) is 0 Å². The van der Waals surface area contributed by atoms with Gasteiger partial charge in [-0.3, -0.25) is 5.10 Å². The molecule has 3 heteroatoms. The van der Waals surface area contributed by atoms with Crippen LogP contribution in [0.1, 0.15) is 22.4 Å². The Labute approximate surface area is 153 Å². The first-order valence-electron chi connectivity index (χ1n) is 8.76. The molecule has 1 aromatic heterocycles. The van der Waals surface area contributed by atoms with E-state index in [2.05, 4.69) is 88.3 Å². The summed E-state index contributed by atoms with van der Waals surface area (Å²) in [6, 6.07) is 33.6. The summed E-state index contributed by atoms with van der Waals surface area (Å²) in [5.41, 5.74) is 3.98. The van der Waals surface area contributed by atoms with Gasteiger partial charge in [-0.15, -0.1) is 0 Å². The Kier molecular flexibility index (Phi) is 4.28. The lowest BCUT2D eigenvalue weighted by atomic mass is 9.77. The molecule has 0 saturated heterocycles. The van der Waals surface area contributed by atoms with E-state index in [1.54, 1.807) is 0 Å². The molecule has 0 bridgehead atoms. The van der Waals surface area contributed by atoms with Crippen molar-refractivity contribution in [3.8, 4) is 0 Å². The van der Waals surface area contributed by atoms with Gasteiger partial charge in [-0.25, -0.2) is 0 Å². The zero-order chi connectivity index (χ0) is 17.8. The van der Waals surface area contributed by atoms with Gasteiger partial charge in [0.25, 0.3) is 0 Å². The number of hydrogen-bond donors (Lipinski definition) is 2. The van der Waals surface area contributed by atoms with E-state index in [-0.39, 0.29) is 0 Å². The fourth-order valence-electron chi connectivity index (χ4n) is 3.46. The molecule has 0 unspecified atom stereocenters. The minimum absolute atomic E-state index is 0.536. The zero-order valence-electron chi connectivity index (χ0n) is 14.7. The average molecular weight is 339 g/mol. The summed E-state index contributed by atoms with van der Waals surface area (Å²) in [5.74, 6) is 0.819. The lowest BCUT2D eigenvalue weighted by molar-refractivity contribution is 0.706. The van der Waals surface area contributed by atoms with Crippen LogP contribution in [0, 0.1) is 6.92 Å². The van der Waals surface area contributed by atoms with E-state index in [4.69, 9.17) is 0 Å². The maximum atomic E-state index is 4.44. The number of aromatic amines is 1. The monoisotopic (exact) mass is 339 g/mol. The number of benzene rings is 3. The lowest BCUT2D eigenvalue weighted by Crippen LogP contribution is -2.38. The van der Waals surface area contributed by atoms with Crippen LogP contribution in [0.15, 0.2) is 97.1 Å². The summed E-state index contributed by atoms with van der Waals surface area (Å²) < 4.78 is 0. The maximum Gasteiger partial charge on any atom is 0.149 e. The molecule has 0 fully saturated rings. The number of hydrogen-bond acceptors (Lipinski definition) is 2. The summed E-state index contributed by atoms with van der Waals surface area (Å²) in [6.45, 7) is 2.01. The number of H-pyrrole nitrogens is 1. The van der Waals surface area contributed by atoms with E-state index in [9.17, 15) is 0 Å². The highest BCUT2D eigenvalue weighted by molar-refractivity contribution is 5.58. The van der Waals surface area contributed by atoms with E-state index in [1.807, 2.05) is 31.2 Å². The van der Waals surface area contributed by atoms with Gasteiger partial charge >= 0.3 is 0 Å². The minimum atomic E-state index is -0.536. The van der Waals surface area contributed by atoms with Crippen molar-refractivity contribution in [2.24, 2.45) is 0 Å². The first-order valence-corrected chi connectivity index (χ1v) is 8.76. The first-order chi connectivity index (χ1) is 12.8. The molecule has 4 aromatic rings. The second-order valence-corrected chi connectivity index (χ2v) is 6.41. The maximum absolute atomic E-state index is 4.44. The molecule has 0 aliphatic carbocycles. The van der Waals surface area contributed by atoms with E-state index >= 15 is 0 Å². The summed E-state index contributed by atoms with van der Waals surface area (Å²) in [4.78, 5) is 0. The number of aryl methyl sites for hydroxylation is 1. The Hall–Kier alpha value is -3.33. The summed E-state index contributed by atoms with van der Waals surface area (Å²) >= 11 is 0. The molecule has 2 N–H and O–H groups in total. The number of nitrogens with one attached hydrogen (secondary N) is 2. The summed E-state index contributed by atoms with van der Waals surface area (Å²) in [6.07, 6.45) is 0. The van der Waals surface area contributed by atoms with E-state index in [0.29, 0.717) is 0 Å². The van der Waals surface area contributed by atoms with Gasteiger partial charge in [-0.05, 0) is 23.6 Å². The predicted octanol–water partition coefficient (Wildman–Crippen LogP) is 5.12. The Morgan fingerprint density at radius 2 is 1.12 bits per heavy atom. The van der Waals surface area contributed by atoms with Crippen LogP contribution in [0.5, 0.6) is 0 Å². The predicted molar refractivity (Wildman–Crippen MR) is 106 cm³/mol. The Morgan fingerprint density at radius 3 is 1.46 bits per heavy atom. The van der Waals surface area contributed by atoms with Gasteiger partial charge in [-0.1, -0.05) is 91.0 Å². The minimum Gasteiger partial charge on any atom is -0.351 e. The van der Waals surface area contributed by atoms with Crippen molar-refractivity contribution < 1.29 is 0 Å². The van der Waals surface area contributed by atoms with Crippen molar-refractivity contribution in [1.29, 1.82) is 0 Å². The van der Waals surface area contributed by atoms with Crippen LogP contribution in [0.4, 0.5) is 5.82 Å². The second-order valence-electron chi connectivity index (χ2n) is 6.41.